The van der Waals surface area contributed by atoms with E-state index in [0.29, 0.717) is 47.4 Å². The van der Waals surface area contributed by atoms with Gasteiger partial charge in [-0.25, -0.2) is 4.98 Å². The molecule has 4 rings (SSSR count). The van der Waals surface area contributed by atoms with Gasteiger partial charge < -0.3 is 29.8 Å². The van der Waals surface area contributed by atoms with E-state index in [1.807, 2.05) is 48.2 Å². The van der Waals surface area contributed by atoms with Crippen molar-refractivity contribution in [1.29, 1.82) is 0 Å². The zero-order valence-electron chi connectivity index (χ0n) is 18.1. The average Bonchev–Trinajstić information content (AvgIpc) is 3.28. The van der Waals surface area contributed by atoms with Crippen LogP contribution in [-0.2, 0) is 9.53 Å². The smallest absolute Gasteiger partial charge is 0.195 e. The maximum atomic E-state index is 13.8. The quantitative estimate of drug-likeness (QED) is 0.603. The summed E-state index contributed by atoms with van der Waals surface area (Å²) >= 11 is 0. The number of hydrogen-bond acceptors (Lipinski definition) is 7. The van der Waals surface area contributed by atoms with Crippen LogP contribution in [0.5, 0.6) is 11.5 Å². The van der Waals surface area contributed by atoms with Crippen LogP contribution in [0, 0.1) is 0 Å². The Morgan fingerprint density at radius 2 is 1.77 bits per heavy atom. The molecule has 1 unspecified atom stereocenters. The summed E-state index contributed by atoms with van der Waals surface area (Å²) in [4.78, 5) is 23.4. The third-order valence-electron chi connectivity index (χ3n) is 5.72. The summed E-state index contributed by atoms with van der Waals surface area (Å²) in [6.45, 7) is 2.25. The van der Waals surface area contributed by atoms with Crippen LogP contribution >= 0.6 is 0 Å². The van der Waals surface area contributed by atoms with E-state index in [2.05, 4.69) is 9.97 Å². The Kier molecular flexibility index (Phi) is 5.32. The highest BCUT2D eigenvalue weighted by Crippen LogP contribution is 2.44. The number of para-hydroxylation sites is 2. The van der Waals surface area contributed by atoms with Gasteiger partial charge in [0.05, 0.1) is 30.9 Å². The molecule has 1 atom stereocenters. The van der Waals surface area contributed by atoms with E-state index in [4.69, 9.17) is 19.9 Å². The van der Waals surface area contributed by atoms with E-state index < -0.39 is 5.54 Å². The molecule has 2 heterocycles. The summed E-state index contributed by atoms with van der Waals surface area (Å²) < 4.78 is 16.2. The Bertz CT molecular complexity index is 1110. The van der Waals surface area contributed by atoms with Gasteiger partial charge in [0, 0.05) is 38.3 Å². The largest absolute Gasteiger partial charge is 0.497 e. The molecule has 1 aliphatic heterocycles. The van der Waals surface area contributed by atoms with Crippen molar-refractivity contribution < 1.29 is 19.0 Å². The van der Waals surface area contributed by atoms with Gasteiger partial charge in [-0.3, -0.25) is 4.79 Å². The van der Waals surface area contributed by atoms with Crippen molar-refractivity contribution in [1.82, 2.24) is 9.97 Å². The standard InChI is InChI=1S/C23H26N4O4/c1-23(9-10-29-2)20(28)19(22-25-17-7-5-6-8-18(17)26-22)21(24)27(23)14-11-15(30-3)13-16(12-14)31-4/h5-8,11-13H,9-10,24H2,1-4H3,(H,25,26). The normalized spacial score (nSPS) is 18.8. The van der Waals surface area contributed by atoms with Crippen molar-refractivity contribution in [2.24, 2.45) is 5.73 Å². The van der Waals surface area contributed by atoms with Gasteiger partial charge in [0.15, 0.2) is 5.78 Å². The number of Topliss-reactive ketones (excluding diaryl/α,β-unsaturated/α-hetero) is 1. The minimum atomic E-state index is -0.966. The number of carbonyl (C=O) groups excluding carboxylic acids is 1. The molecule has 1 aliphatic rings. The number of ether oxygens (including phenoxy) is 3. The van der Waals surface area contributed by atoms with Crippen LogP contribution in [0.4, 0.5) is 5.69 Å². The van der Waals surface area contributed by atoms with Crippen molar-refractivity contribution in [3.05, 3.63) is 54.1 Å². The highest BCUT2D eigenvalue weighted by molar-refractivity contribution is 6.29. The first-order valence-electron chi connectivity index (χ1n) is 9.95. The van der Waals surface area contributed by atoms with Crippen molar-refractivity contribution in [2.45, 2.75) is 18.9 Å². The molecule has 0 saturated carbocycles. The molecule has 0 spiro atoms. The molecular formula is C23H26N4O4. The van der Waals surface area contributed by atoms with Crippen LogP contribution in [0.25, 0.3) is 16.6 Å². The predicted octanol–water partition coefficient (Wildman–Crippen LogP) is 3.09. The number of H-pyrrole nitrogens is 1. The van der Waals surface area contributed by atoms with E-state index in [9.17, 15) is 4.79 Å². The molecule has 1 aromatic heterocycles. The fourth-order valence-electron chi connectivity index (χ4n) is 4.04. The molecule has 0 amide bonds. The zero-order chi connectivity index (χ0) is 22.2. The third kappa shape index (κ3) is 3.38. The Morgan fingerprint density at radius 3 is 2.39 bits per heavy atom. The SMILES string of the molecule is COCCC1(C)C(=O)C(c2nc3ccccc3[nH]2)=C(N)N1c1cc(OC)cc(OC)c1. The Hall–Kier alpha value is -3.52. The molecule has 0 radical (unpaired) electrons. The summed E-state index contributed by atoms with van der Waals surface area (Å²) in [6, 6.07) is 13.0. The minimum Gasteiger partial charge on any atom is -0.497 e. The molecule has 3 N–H and O–H groups in total. The second-order valence-electron chi connectivity index (χ2n) is 7.61. The number of carbonyl (C=O) groups is 1. The van der Waals surface area contributed by atoms with Crippen molar-refractivity contribution in [3.8, 4) is 11.5 Å². The molecule has 162 valence electrons. The van der Waals surface area contributed by atoms with E-state index in [1.54, 1.807) is 27.4 Å². The van der Waals surface area contributed by atoms with Gasteiger partial charge in [-0.05, 0) is 19.1 Å². The summed E-state index contributed by atoms with van der Waals surface area (Å²) in [6.07, 6.45) is 0.437. The van der Waals surface area contributed by atoms with Crippen LogP contribution in [0.1, 0.15) is 19.2 Å². The number of nitrogens with one attached hydrogen (secondary N) is 1. The molecule has 8 nitrogen and oxygen atoms in total. The van der Waals surface area contributed by atoms with Crippen molar-refractivity contribution in [3.63, 3.8) is 0 Å². The first-order chi connectivity index (χ1) is 14.9. The van der Waals surface area contributed by atoms with Gasteiger partial charge in [-0.1, -0.05) is 12.1 Å². The number of benzene rings is 2. The highest BCUT2D eigenvalue weighted by atomic mass is 16.5. The molecule has 0 bridgehead atoms. The van der Waals surface area contributed by atoms with Gasteiger partial charge in [-0.15, -0.1) is 0 Å². The van der Waals surface area contributed by atoms with Crippen LogP contribution in [0.2, 0.25) is 0 Å². The second kappa shape index (κ2) is 7.96. The number of rotatable bonds is 7. The van der Waals surface area contributed by atoms with Crippen LogP contribution in [-0.4, -0.2) is 49.2 Å². The first kappa shape index (κ1) is 20.7. The number of nitrogens with two attached hydrogens (primary N) is 1. The van der Waals surface area contributed by atoms with Crippen molar-refractivity contribution >= 4 is 28.1 Å². The topological polar surface area (TPSA) is 103 Å². The number of hydrogen-bond donors (Lipinski definition) is 2. The number of methoxy groups -OCH3 is 3. The molecule has 0 aliphatic carbocycles. The number of fused-ring (bicyclic) bond motifs is 1. The fraction of sp³-hybridized carbons (Fsp3) is 0.304. The maximum Gasteiger partial charge on any atom is 0.195 e. The molecule has 2 aromatic carbocycles. The number of ketones is 1. The number of nitrogens with zero attached hydrogens (tertiary/aromatic N) is 2. The average molecular weight is 422 g/mol. The van der Waals surface area contributed by atoms with E-state index >= 15 is 0 Å². The lowest BCUT2D eigenvalue weighted by atomic mass is 9.90. The summed E-state index contributed by atoms with van der Waals surface area (Å²) in [7, 11) is 4.77. The lowest BCUT2D eigenvalue weighted by molar-refractivity contribution is -0.117. The summed E-state index contributed by atoms with van der Waals surface area (Å²) in [5.41, 5.74) is 8.32. The number of anilines is 1. The van der Waals surface area contributed by atoms with Gasteiger partial charge in [-0.2, -0.15) is 0 Å². The van der Waals surface area contributed by atoms with Crippen molar-refractivity contribution in [2.75, 3.05) is 32.8 Å². The fourth-order valence-corrected chi connectivity index (χ4v) is 4.04. The van der Waals surface area contributed by atoms with Gasteiger partial charge in [0.1, 0.15) is 34.3 Å². The highest BCUT2D eigenvalue weighted by Gasteiger charge is 2.50. The van der Waals surface area contributed by atoms with Crippen LogP contribution in [0.15, 0.2) is 48.3 Å². The lowest BCUT2D eigenvalue weighted by Gasteiger charge is -2.36. The Labute approximate surface area is 180 Å². The summed E-state index contributed by atoms with van der Waals surface area (Å²) in [5, 5.41) is 0. The van der Waals surface area contributed by atoms with E-state index in [0.717, 1.165) is 11.0 Å². The first-order valence-corrected chi connectivity index (χ1v) is 9.95. The molecule has 0 fully saturated rings. The number of aromatic nitrogens is 2. The lowest BCUT2D eigenvalue weighted by Crippen LogP contribution is -2.49. The Morgan fingerprint density at radius 1 is 1.10 bits per heavy atom. The monoisotopic (exact) mass is 422 g/mol. The predicted molar refractivity (Wildman–Crippen MR) is 119 cm³/mol. The molecule has 31 heavy (non-hydrogen) atoms. The molecular weight excluding hydrogens is 396 g/mol. The molecule has 0 saturated heterocycles. The number of aromatic amines is 1. The third-order valence-corrected chi connectivity index (χ3v) is 5.72. The van der Waals surface area contributed by atoms with Crippen LogP contribution < -0.4 is 20.1 Å². The second-order valence-corrected chi connectivity index (χ2v) is 7.61. The van der Waals surface area contributed by atoms with Crippen LogP contribution in [0.3, 0.4) is 0 Å². The molecule has 3 aromatic rings. The van der Waals surface area contributed by atoms with Gasteiger partial charge in [0.25, 0.3) is 0 Å². The molecule has 8 heteroatoms. The minimum absolute atomic E-state index is 0.122. The van der Waals surface area contributed by atoms with Gasteiger partial charge in [0.2, 0.25) is 0 Å². The van der Waals surface area contributed by atoms with Gasteiger partial charge >= 0.3 is 0 Å². The number of imidazole rings is 1. The maximum absolute atomic E-state index is 13.8. The Balaban J connectivity index is 1.90. The van der Waals surface area contributed by atoms with E-state index in [1.165, 1.54) is 0 Å². The summed E-state index contributed by atoms with van der Waals surface area (Å²) in [5.74, 6) is 1.84. The van der Waals surface area contributed by atoms with E-state index in [-0.39, 0.29) is 5.78 Å². The zero-order valence-corrected chi connectivity index (χ0v) is 18.1.